The fourth-order valence-electron chi connectivity index (χ4n) is 1.34. The van der Waals surface area contributed by atoms with Gasteiger partial charge < -0.3 is 15.9 Å². The average Bonchev–Trinajstić information content (AvgIpc) is 2.44. The van der Waals surface area contributed by atoms with E-state index >= 15 is 0 Å². The van der Waals surface area contributed by atoms with Crippen LogP contribution in [0.4, 0.5) is 9.59 Å². The molecule has 0 radical (unpaired) electrons. The van der Waals surface area contributed by atoms with Crippen molar-refractivity contribution in [2.75, 3.05) is 0 Å². The van der Waals surface area contributed by atoms with E-state index < -0.39 is 41.0 Å². The van der Waals surface area contributed by atoms with Crippen LogP contribution in [0.15, 0.2) is 28.4 Å². The second-order valence-corrected chi connectivity index (χ2v) is 3.67. The lowest BCUT2D eigenvalue weighted by Gasteiger charge is -2.06. The van der Waals surface area contributed by atoms with Crippen LogP contribution in [-0.4, -0.2) is 40.1 Å². The van der Waals surface area contributed by atoms with E-state index in [1.807, 2.05) is 0 Å². The Labute approximate surface area is 121 Å². The molecule has 114 valence electrons. The normalized spacial score (nSPS) is 10.2. The lowest BCUT2D eigenvalue weighted by molar-refractivity contribution is 0.0678. The van der Waals surface area contributed by atoms with Crippen molar-refractivity contribution in [3.05, 3.63) is 34.9 Å². The van der Waals surface area contributed by atoms with E-state index in [0.29, 0.717) is 0 Å². The van der Waals surface area contributed by atoms with Crippen molar-refractivity contribution < 1.29 is 34.2 Å². The number of carboxylic acid groups (broad SMARTS) is 2. The van der Waals surface area contributed by atoms with Gasteiger partial charge in [-0.2, -0.15) is 0 Å². The maximum Gasteiger partial charge on any atom is 0.366 e. The summed E-state index contributed by atoms with van der Waals surface area (Å²) in [6.07, 6.45) is 0. The van der Waals surface area contributed by atoms with E-state index in [1.54, 1.807) is 5.32 Å². The minimum absolute atomic E-state index is 0.360. The molecule has 0 aliphatic carbocycles. The molecule has 0 atom stereocenters. The Kier molecular flexibility index (Phi) is 5.00. The van der Waals surface area contributed by atoms with Gasteiger partial charge in [-0.1, -0.05) is 10.2 Å². The zero-order valence-electron chi connectivity index (χ0n) is 10.6. The highest BCUT2D eigenvalue weighted by Crippen LogP contribution is 2.13. The van der Waals surface area contributed by atoms with Crippen LogP contribution >= 0.6 is 0 Å². The zero-order chi connectivity index (χ0) is 16.9. The Morgan fingerprint density at radius 2 is 1.59 bits per heavy atom. The van der Waals surface area contributed by atoms with Gasteiger partial charge in [-0.15, -0.1) is 0 Å². The summed E-state index contributed by atoms with van der Waals surface area (Å²) in [6, 6.07) is 0.00924. The molecular formula is C11H8N4O7. The Hall–Kier alpha value is -3.63. The maximum absolute atomic E-state index is 11.8. The number of primary amides is 1. The molecule has 0 unspecified atom stereocenters. The first-order valence-corrected chi connectivity index (χ1v) is 5.39. The smallest absolute Gasteiger partial charge is 0.366 e. The molecule has 22 heavy (non-hydrogen) atoms. The molecule has 0 bridgehead atoms. The van der Waals surface area contributed by atoms with Gasteiger partial charge in [0.05, 0.1) is 16.7 Å². The number of urea groups is 2. The molecule has 0 heterocycles. The van der Waals surface area contributed by atoms with Crippen molar-refractivity contribution in [3.63, 3.8) is 0 Å². The summed E-state index contributed by atoms with van der Waals surface area (Å²) in [6.45, 7) is 0. The number of nitrogens with two attached hydrogens (primary N) is 1. The third-order valence-corrected chi connectivity index (χ3v) is 2.20. The van der Waals surface area contributed by atoms with Gasteiger partial charge in [0.1, 0.15) is 0 Å². The molecule has 0 aliphatic rings. The highest BCUT2D eigenvalue weighted by atomic mass is 16.4. The number of amides is 5. The summed E-state index contributed by atoms with van der Waals surface area (Å²) in [7, 11) is 0. The number of nitrogens with one attached hydrogen (secondary N) is 1. The van der Waals surface area contributed by atoms with Crippen molar-refractivity contribution in [1.82, 2.24) is 5.32 Å². The van der Waals surface area contributed by atoms with Gasteiger partial charge >= 0.3 is 24.0 Å². The van der Waals surface area contributed by atoms with Gasteiger partial charge in [0.2, 0.25) is 0 Å². The average molecular weight is 308 g/mol. The van der Waals surface area contributed by atoms with Crippen LogP contribution in [0.2, 0.25) is 0 Å². The standard InChI is InChI=1S/C11H8N4O7/c12-10(21)14-15-11(22)13-7(16)6-3-4(8(17)18)1-2-5(6)9(19)20/h1-3H,(H2,12,21)(H,17,18)(H,19,20)(H,13,16,22). The topological polar surface area (TPSA) is 189 Å². The van der Waals surface area contributed by atoms with Gasteiger partial charge in [0.15, 0.2) is 0 Å². The zero-order valence-corrected chi connectivity index (χ0v) is 10.6. The molecule has 0 spiro atoms. The number of azo groups is 1. The lowest BCUT2D eigenvalue weighted by atomic mass is 10.0. The molecule has 11 nitrogen and oxygen atoms in total. The molecule has 0 aromatic heterocycles. The summed E-state index contributed by atoms with van der Waals surface area (Å²) < 4.78 is 0. The van der Waals surface area contributed by atoms with Crippen LogP contribution in [0, 0.1) is 0 Å². The van der Waals surface area contributed by atoms with Gasteiger partial charge in [-0.05, 0) is 18.2 Å². The number of rotatable bonds is 3. The second kappa shape index (κ2) is 6.69. The van der Waals surface area contributed by atoms with E-state index in [1.165, 1.54) is 0 Å². The third-order valence-electron chi connectivity index (χ3n) is 2.20. The Morgan fingerprint density at radius 3 is 2.09 bits per heavy atom. The van der Waals surface area contributed by atoms with Gasteiger partial charge in [0, 0.05) is 0 Å². The summed E-state index contributed by atoms with van der Waals surface area (Å²) in [5, 5.41) is 24.8. The molecule has 0 saturated heterocycles. The maximum atomic E-state index is 11.8. The first kappa shape index (κ1) is 16.4. The lowest BCUT2D eigenvalue weighted by Crippen LogP contribution is -2.29. The number of aromatic carboxylic acids is 2. The second-order valence-electron chi connectivity index (χ2n) is 3.67. The van der Waals surface area contributed by atoms with Crippen LogP contribution in [-0.2, 0) is 0 Å². The summed E-state index contributed by atoms with van der Waals surface area (Å²) in [5.41, 5.74) is 3.13. The van der Waals surface area contributed by atoms with Crippen molar-refractivity contribution in [2.45, 2.75) is 0 Å². The number of carbonyl (C=O) groups is 5. The fourth-order valence-corrected chi connectivity index (χ4v) is 1.34. The molecule has 0 aliphatic heterocycles. The highest BCUT2D eigenvalue weighted by Gasteiger charge is 2.20. The number of carbonyl (C=O) groups excluding carboxylic acids is 3. The SMILES string of the molecule is NC(=O)N=NC(=O)NC(=O)c1cc(C(=O)O)ccc1C(=O)O. The van der Waals surface area contributed by atoms with Crippen LogP contribution < -0.4 is 11.1 Å². The number of hydrogen-bond donors (Lipinski definition) is 4. The van der Waals surface area contributed by atoms with Crippen LogP contribution in [0.25, 0.3) is 0 Å². The van der Waals surface area contributed by atoms with Crippen LogP contribution in [0.1, 0.15) is 31.1 Å². The molecule has 5 amide bonds. The monoisotopic (exact) mass is 308 g/mol. The van der Waals surface area contributed by atoms with E-state index in [4.69, 9.17) is 10.2 Å². The summed E-state index contributed by atoms with van der Waals surface area (Å²) >= 11 is 0. The number of nitrogens with zero attached hydrogens (tertiary/aromatic N) is 2. The molecule has 11 heteroatoms. The van der Waals surface area contributed by atoms with Crippen molar-refractivity contribution in [1.29, 1.82) is 0 Å². The van der Waals surface area contributed by atoms with Crippen LogP contribution in [0.5, 0.6) is 0 Å². The molecule has 5 N–H and O–H groups in total. The van der Waals surface area contributed by atoms with Crippen molar-refractivity contribution in [2.24, 2.45) is 16.0 Å². The third kappa shape index (κ3) is 4.19. The molecule has 0 fully saturated rings. The minimum Gasteiger partial charge on any atom is -0.478 e. The molecular weight excluding hydrogens is 300 g/mol. The highest BCUT2D eigenvalue weighted by molar-refractivity contribution is 6.11. The Morgan fingerprint density at radius 1 is 0.955 bits per heavy atom. The molecule has 1 aromatic rings. The quantitative estimate of drug-likeness (QED) is 0.583. The predicted octanol–water partition coefficient (Wildman–Crippen LogP) is 0.464. The number of hydrogen-bond acceptors (Lipinski definition) is 5. The fraction of sp³-hybridized carbons (Fsp3) is 0. The minimum atomic E-state index is -1.51. The predicted molar refractivity (Wildman–Crippen MR) is 67.7 cm³/mol. The van der Waals surface area contributed by atoms with E-state index in [2.05, 4.69) is 16.0 Å². The van der Waals surface area contributed by atoms with Crippen LogP contribution in [0.3, 0.4) is 0 Å². The summed E-state index contributed by atoms with van der Waals surface area (Å²) in [5.74, 6) is -4.13. The Balaban J connectivity index is 3.12. The summed E-state index contributed by atoms with van der Waals surface area (Å²) in [4.78, 5) is 55.1. The first-order chi connectivity index (χ1) is 10.2. The van der Waals surface area contributed by atoms with E-state index in [9.17, 15) is 24.0 Å². The first-order valence-electron chi connectivity index (χ1n) is 5.39. The van der Waals surface area contributed by atoms with Crippen molar-refractivity contribution >= 4 is 29.9 Å². The molecule has 0 saturated carbocycles. The largest absolute Gasteiger partial charge is 0.478 e. The van der Waals surface area contributed by atoms with Gasteiger partial charge in [-0.25, -0.2) is 19.2 Å². The Bertz CT molecular complexity index is 710. The number of benzene rings is 1. The van der Waals surface area contributed by atoms with Gasteiger partial charge in [0.25, 0.3) is 5.91 Å². The van der Waals surface area contributed by atoms with Crippen molar-refractivity contribution in [3.8, 4) is 0 Å². The number of carboxylic acids is 2. The number of imide groups is 1. The van der Waals surface area contributed by atoms with E-state index in [-0.39, 0.29) is 5.56 Å². The molecule has 1 aromatic carbocycles. The van der Waals surface area contributed by atoms with E-state index in [0.717, 1.165) is 18.2 Å². The molecule has 1 rings (SSSR count). The van der Waals surface area contributed by atoms with Gasteiger partial charge in [-0.3, -0.25) is 10.1 Å².